The number of ether oxygens (including phenoxy) is 1. The molecule has 0 saturated heterocycles. The number of aryl methyl sites for hydroxylation is 2. The van der Waals surface area contributed by atoms with Crippen molar-refractivity contribution in [3.05, 3.63) is 70.8 Å². The Morgan fingerprint density at radius 3 is 2.46 bits per heavy atom. The Morgan fingerprint density at radius 1 is 1.04 bits per heavy atom. The summed E-state index contributed by atoms with van der Waals surface area (Å²) in [5.41, 5.74) is 4.86. The summed E-state index contributed by atoms with van der Waals surface area (Å²) in [7, 11) is 0. The van der Waals surface area contributed by atoms with Crippen LogP contribution in [0.5, 0.6) is 0 Å². The summed E-state index contributed by atoms with van der Waals surface area (Å²) >= 11 is 0. The third-order valence-corrected chi connectivity index (χ3v) is 3.71. The first-order valence-electron chi connectivity index (χ1n) is 7.73. The zero-order valence-corrected chi connectivity index (χ0v) is 14.1. The van der Waals surface area contributed by atoms with Crippen LogP contribution in [0.3, 0.4) is 0 Å². The Balaban J connectivity index is 1.84. The maximum Gasteiger partial charge on any atom is 0.331 e. The van der Waals surface area contributed by atoms with E-state index in [9.17, 15) is 9.59 Å². The molecule has 0 saturated carbocycles. The maximum absolute atomic E-state index is 11.9. The van der Waals surface area contributed by atoms with Gasteiger partial charge in [-0.3, -0.25) is 4.79 Å². The number of esters is 1. The van der Waals surface area contributed by atoms with Crippen LogP contribution in [-0.2, 0) is 14.3 Å². The number of hydrogen-bond donors (Lipinski definition) is 1. The minimum atomic E-state index is -0.549. The Hall–Kier alpha value is -2.88. The van der Waals surface area contributed by atoms with E-state index < -0.39 is 5.97 Å². The van der Waals surface area contributed by atoms with E-state index in [1.165, 1.54) is 6.08 Å². The van der Waals surface area contributed by atoms with E-state index in [4.69, 9.17) is 4.74 Å². The highest BCUT2D eigenvalue weighted by molar-refractivity contribution is 5.95. The predicted molar refractivity (Wildman–Crippen MR) is 95.7 cm³/mol. The first kappa shape index (κ1) is 17.5. The van der Waals surface area contributed by atoms with E-state index >= 15 is 0 Å². The molecule has 24 heavy (non-hydrogen) atoms. The zero-order chi connectivity index (χ0) is 17.5. The van der Waals surface area contributed by atoms with Crippen LogP contribution < -0.4 is 5.32 Å². The topological polar surface area (TPSA) is 55.4 Å². The highest BCUT2D eigenvalue weighted by Gasteiger charge is 2.08. The minimum Gasteiger partial charge on any atom is -0.452 e. The van der Waals surface area contributed by atoms with E-state index in [1.54, 1.807) is 6.08 Å². The molecule has 0 aliphatic carbocycles. The lowest BCUT2D eigenvalue weighted by Gasteiger charge is -2.10. The van der Waals surface area contributed by atoms with Gasteiger partial charge < -0.3 is 10.1 Å². The van der Waals surface area contributed by atoms with Crippen LogP contribution in [0.25, 0.3) is 6.08 Å². The summed E-state index contributed by atoms with van der Waals surface area (Å²) < 4.78 is 4.95. The van der Waals surface area contributed by atoms with Gasteiger partial charge >= 0.3 is 5.97 Å². The zero-order valence-electron chi connectivity index (χ0n) is 14.1. The summed E-state index contributed by atoms with van der Waals surface area (Å²) in [6.07, 6.45) is 2.97. The molecule has 2 aromatic rings. The largest absolute Gasteiger partial charge is 0.452 e. The number of carbonyl (C=O) groups is 2. The molecule has 4 heteroatoms. The number of benzene rings is 2. The van der Waals surface area contributed by atoms with E-state index in [0.29, 0.717) is 0 Å². The summed E-state index contributed by atoms with van der Waals surface area (Å²) in [5.74, 6) is -0.910. The normalized spacial score (nSPS) is 10.6. The molecule has 0 aliphatic rings. The Kier molecular flexibility index (Phi) is 5.90. The van der Waals surface area contributed by atoms with E-state index in [0.717, 1.165) is 27.9 Å². The Labute approximate surface area is 142 Å². The van der Waals surface area contributed by atoms with Gasteiger partial charge in [-0.2, -0.15) is 0 Å². The maximum atomic E-state index is 11.9. The number of hydrogen-bond acceptors (Lipinski definition) is 3. The van der Waals surface area contributed by atoms with Crippen molar-refractivity contribution in [1.29, 1.82) is 0 Å². The Morgan fingerprint density at radius 2 is 1.75 bits per heavy atom. The molecular formula is C20H21NO3. The molecule has 0 heterocycles. The lowest BCUT2D eigenvalue weighted by Crippen LogP contribution is -2.20. The Bertz CT molecular complexity index is 761. The van der Waals surface area contributed by atoms with Crippen LogP contribution in [-0.4, -0.2) is 18.5 Å². The molecule has 0 aliphatic heterocycles. The average Bonchev–Trinajstić information content (AvgIpc) is 2.56. The molecule has 1 N–H and O–H groups in total. The van der Waals surface area contributed by atoms with Gasteiger partial charge in [0.1, 0.15) is 0 Å². The predicted octanol–water partition coefficient (Wildman–Crippen LogP) is 3.81. The van der Waals surface area contributed by atoms with Crippen LogP contribution in [0.4, 0.5) is 5.69 Å². The number of rotatable bonds is 5. The highest BCUT2D eigenvalue weighted by Crippen LogP contribution is 2.17. The fourth-order valence-electron chi connectivity index (χ4n) is 2.10. The molecule has 0 atom stereocenters. The van der Waals surface area contributed by atoms with Gasteiger partial charge in [-0.05, 0) is 49.6 Å². The van der Waals surface area contributed by atoms with Crippen molar-refractivity contribution in [3.8, 4) is 0 Å². The van der Waals surface area contributed by atoms with Gasteiger partial charge in [-0.1, -0.05) is 42.0 Å². The van der Waals surface area contributed by atoms with Gasteiger partial charge in [-0.15, -0.1) is 0 Å². The van der Waals surface area contributed by atoms with E-state index in [2.05, 4.69) is 5.32 Å². The second-order valence-corrected chi connectivity index (χ2v) is 5.65. The van der Waals surface area contributed by atoms with E-state index in [-0.39, 0.29) is 12.5 Å². The first-order valence-corrected chi connectivity index (χ1v) is 7.73. The van der Waals surface area contributed by atoms with Crippen molar-refractivity contribution in [3.63, 3.8) is 0 Å². The number of anilines is 1. The van der Waals surface area contributed by atoms with Crippen LogP contribution in [0, 0.1) is 20.8 Å². The van der Waals surface area contributed by atoms with Gasteiger partial charge in [0, 0.05) is 11.8 Å². The molecule has 0 aromatic heterocycles. The second-order valence-electron chi connectivity index (χ2n) is 5.65. The fourth-order valence-corrected chi connectivity index (χ4v) is 2.10. The number of nitrogens with one attached hydrogen (secondary N) is 1. The molecule has 0 unspecified atom stereocenters. The van der Waals surface area contributed by atoms with Crippen LogP contribution in [0.1, 0.15) is 22.3 Å². The summed E-state index contributed by atoms with van der Waals surface area (Å²) in [6, 6.07) is 13.4. The second kappa shape index (κ2) is 8.11. The van der Waals surface area contributed by atoms with Crippen molar-refractivity contribution in [1.82, 2.24) is 0 Å². The van der Waals surface area contributed by atoms with E-state index in [1.807, 2.05) is 63.2 Å². The van der Waals surface area contributed by atoms with Gasteiger partial charge in [-0.25, -0.2) is 4.79 Å². The molecular weight excluding hydrogens is 302 g/mol. The van der Waals surface area contributed by atoms with Gasteiger partial charge in [0.15, 0.2) is 6.61 Å². The third-order valence-electron chi connectivity index (χ3n) is 3.71. The molecule has 0 fully saturated rings. The molecule has 0 bridgehead atoms. The van der Waals surface area contributed by atoms with Crippen LogP contribution >= 0.6 is 0 Å². The molecule has 124 valence electrons. The molecule has 2 aromatic carbocycles. The lowest BCUT2D eigenvalue weighted by atomic mass is 10.1. The highest BCUT2D eigenvalue weighted by atomic mass is 16.5. The van der Waals surface area contributed by atoms with Gasteiger partial charge in [0.05, 0.1) is 0 Å². The van der Waals surface area contributed by atoms with Crippen molar-refractivity contribution in [2.24, 2.45) is 0 Å². The summed E-state index contributed by atoms with van der Waals surface area (Å²) in [5, 5.41) is 2.75. The lowest BCUT2D eigenvalue weighted by molar-refractivity contribution is -0.142. The minimum absolute atomic E-state index is 0.315. The van der Waals surface area contributed by atoms with Crippen LogP contribution in [0.2, 0.25) is 0 Å². The molecule has 0 radical (unpaired) electrons. The SMILES string of the molecule is Cc1ccc(/C=C/C(=O)OCC(=O)Nc2cccc(C)c2C)cc1. The summed E-state index contributed by atoms with van der Waals surface area (Å²) in [4.78, 5) is 23.6. The number of carbonyl (C=O) groups excluding carboxylic acids is 2. The van der Waals surface area contributed by atoms with Crippen molar-refractivity contribution < 1.29 is 14.3 Å². The molecule has 0 spiro atoms. The van der Waals surface area contributed by atoms with Gasteiger partial charge in [0.25, 0.3) is 5.91 Å². The standard InChI is InChI=1S/C20H21NO3/c1-14-7-9-17(10-8-14)11-12-20(23)24-13-19(22)21-18-6-4-5-15(2)16(18)3/h4-12H,13H2,1-3H3,(H,21,22)/b12-11+. The average molecular weight is 323 g/mol. The third kappa shape index (κ3) is 5.09. The molecule has 2 rings (SSSR count). The molecule has 1 amide bonds. The summed E-state index contributed by atoms with van der Waals surface area (Å²) in [6.45, 7) is 5.59. The number of amides is 1. The molecule has 4 nitrogen and oxygen atoms in total. The smallest absolute Gasteiger partial charge is 0.331 e. The monoisotopic (exact) mass is 323 g/mol. The van der Waals surface area contributed by atoms with Crippen molar-refractivity contribution in [2.75, 3.05) is 11.9 Å². The van der Waals surface area contributed by atoms with Gasteiger partial charge in [0.2, 0.25) is 0 Å². The quantitative estimate of drug-likeness (QED) is 0.672. The van der Waals surface area contributed by atoms with Crippen molar-refractivity contribution in [2.45, 2.75) is 20.8 Å². The first-order chi connectivity index (χ1) is 11.5. The van der Waals surface area contributed by atoms with Crippen LogP contribution in [0.15, 0.2) is 48.5 Å². The van der Waals surface area contributed by atoms with Crippen molar-refractivity contribution >= 4 is 23.6 Å². The fraction of sp³-hybridized carbons (Fsp3) is 0.200.